The number of fused-ring (bicyclic) bond motifs is 1. The molecule has 3 aromatic carbocycles. The molecule has 4 rings (SSSR count). The highest BCUT2D eigenvalue weighted by Crippen LogP contribution is 2.50. The van der Waals surface area contributed by atoms with E-state index < -0.39 is 0 Å². The Hall–Kier alpha value is -2.54. The molecule has 1 heterocycles. The third kappa shape index (κ3) is 1.72. The standard InChI is InChI=1S/C21H19N/c1-16-21(17-10-4-2-5-11-17,18-12-6-3-7-13-18)19-14-8-9-15-20(19)22-16/h2-16,22H,1H3. The molecule has 1 nitrogen and oxygen atoms in total. The maximum absolute atomic E-state index is 3.69. The van der Waals surface area contributed by atoms with Crippen molar-refractivity contribution in [1.29, 1.82) is 0 Å². The van der Waals surface area contributed by atoms with Crippen molar-refractivity contribution in [3.05, 3.63) is 102 Å². The smallest absolute Gasteiger partial charge is 0.0669 e. The molecule has 0 radical (unpaired) electrons. The summed E-state index contributed by atoms with van der Waals surface area (Å²) in [6.07, 6.45) is 0. The average molecular weight is 285 g/mol. The van der Waals surface area contributed by atoms with E-state index in [1.165, 1.54) is 22.4 Å². The summed E-state index contributed by atoms with van der Waals surface area (Å²) in [5, 5.41) is 3.69. The molecule has 0 saturated heterocycles. The Morgan fingerprint density at radius 2 is 1.18 bits per heavy atom. The summed E-state index contributed by atoms with van der Waals surface area (Å²) in [6, 6.07) is 30.6. The van der Waals surface area contributed by atoms with Crippen LogP contribution >= 0.6 is 0 Å². The van der Waals surface area contributed by atoms with Gasteiger partial charge in [-0.05, 0) is 29.7 Å². The molecule has 1 aliphatic heterocycles. The lowest BCUT2D eigenvalue weighted by atomic mass is 9.67. The van der Waals surface area contributed by atoms with E-state index in [-0.39, 0.29) is 5.41 Å². The van der Waals surface area contributed by atoms with Crippen molar-refractivity contribution in [2.75, 3.05) is 5.32 Å². The normalized spacial score (nSPS) is 18.5. The molecule has 0 aromatic heterocycles. The van der Waals surface area contributed by atoms with Gasteiger partial charge < -0.3 is 5.32 Å². The maximum Gasteiger partial charge on any atom is 0.0669 e. The van der Waals surface area contributed by atoms with Gasteiger partial charge in [0.05, 0.1) is 5.41 Å². The van der Waals surface area contributed by atoms with Crippen molar-refractivity contribution in [1.82, 2.24) is 0 Å². The predicted octanol–water partition coefficient (Wildman–Crippen LogP) is 4.84. The quantitative estimate of drug-likeness (QED) is 0.710. The topological polar surface area (TPSA) is 12.0 Å². The Morgan fingerprint density at radius 1 is 0.682 bits per heavy atom. The lowest BCUT2D eigenvalue weighted by Gasteiger charge is -2.35. The van der Waals surface area contributed by atoms with Crippen molar-refractivity contribution in [3.8, 4) is 0 Å². The summed E-state index contributed by atoms with van der Waals surface area (Å²) in [5.74, 6) is 0. The van der Waals surface area contributed by atoms with Crippen LogP contribution in [0.3, 0.4) is 0 Å². The fourth-order valence-electron chi connectivity index (χ4n) is 3.91. The van der Waals surface area contributed by atoms with Gasteiger partial charge in [0, 0.05) is 11.7 Å². The zero-order valence-electron chi connectivity index (χ0n) is 12.7. The van der Waals surface area contributed by atoms with Crippen LogP contribution < -0.4 is 5.32 Å². The maximum atomic E-state index is 3.69. The monoisotopic (exact) mass is 285 g/mol. The lowest BCUT2D eigenvalue weighted by molar-refractivity contribution is 0.567. The first kappa shape index (κ1) is 13.1. The van der Waals surface area contributed by atoms with E-state index in [0.29, 0.717) is 6.04 Å². The molecule has 22 heavy (non-hydrogen) atoms. The third-order valence-electron chi connectivity index (χ3n) is 4.83. The molecule has 1 heteroatoms. The van der Waals surface area contributed by atoms with Gasteiger partial charge in [0.15, 0.2) is 0 Å². The fourth-order valence-corrected chi connectivity index (χ4v) is 3.91. The number of benzene rings is 3. The van der Waals surface area contributed by atoms with E-state index in [0.717, 1.165) is 0 Å². The van der Waals surface area contributed by atoms with Crippen LogP contribution in [-0.4, -0.2) is 6.04 Å². The van der Waals surface area contributed by atoms with E-state index in [9.17, 15) is 0 Å². The van der Waals surface area contributed by atoms with E-state index in [4.69, 9.17) is 0 Å². The Morgan fingerprint density at radius 3 is 1.77 bits per heavy atom. The zero-order chi connectivity index (χ0) is 15.0. The van der Waals surface area contributed by atoms with Crippen molar-refractivity contribution < 1.29 is 0 Å². The van der Waals surface area contributed by atoms with Crippen LogP contribution in [-0.2, 0) is 5.41 Å². The van der Waals surface area contributed by atoms with E-state index in [1.54, 1.807) is 0 Å². The highest BCUT2D eigenvalue weighted by Gasteiger charge is 2.47. The Labute approximate surface area is 131 Å². The van der Waals surface area contributed by atoms with Crippen LogP contribution in [0.1, 0.15) is 23.6 Å². The van der Waals surface area contributed by atoms with Gasteiger partial charge >= 0.3 is 0 Å². The summed E-state index contributed by atoms with van der Waals surface area (Å²) in [5.41, 5.74) is 5.14. The van der Waals surface area contributed by atoms with Crippen molar-refractivity contribution in [3.63, 3.8) is 0 Å². The number of hydrogen-bond acceptors (Lipinski definition) is 1. The van der Waals surface area contributed by atoms with Crippen LogP contribution in [0, 0.1) is 0 Å². The first-order chi connectivity index (χ1) is 10.8. The van der Waals surface area contributed by atoms with Crippen LogP contribution in [0.4, 0.5) is 5.69 Å². The van der Waals surface area contributed by atoms with Crippen LogP contribution in [0.2, 0.25) is 0 Å². The van der Waals surface area contributed by atoms with Gasteiger partial charge in [0.1, 0.15) is 0 Å². The van der Waals surface area contributed by atoms with Gasteiger partial charge in [-0.25, -0.2) is 0 Å². The van der Waals surface area contributed by atoms with Gasteiger partial charge in [-0.1, -0.05) is 78.9 Å². The molecule has 0 bridgehead atoms. The van der Waals surface area contributed by atoms with E-state index in [2.05, 4.69) is 97.2 Å². The Kier molecular flexibility index (Phi) is 3.00. The minimum absolute atomic E-state index is 0.140. The number of rotatable bonds is 2. The molecule has 1 N–H and O–H groups in total. The van der Waals surface area contributed by atoms with Crippen LogP contribution in [0.25, 0.3) is 0 Å². The second kappa shape index (κ2) is 5.03. The largest absolute Gasteiger partial charge is 0.381 e. The number of anilines is 1. The van der Waals surface area contributed by atoms with Crippen molar-refractivity contribution >= 4 is 5.69 Å². The van der Waals surface area contributed by atoms with Crippen molar-refractivity contribution in [2.45, 2.75) is 18.4 Å². The fraction of sp³-hybridized carbons (Fsp3) is 0.143. The van der Waals surface area contributed by atoms with E-state index in [1.807, 2.05) is 0 Å². The molecule has 1 atom stereocenters. The zero-order valence-corrected chi connectivity index (χ0v) is 12.7. The summed E-state index contributed by atoms with van der Waals surface area (Å²) in [4.78, 5) is 0. The Balaban J connectivity index is 2.07. The van der Waals surface area contributed by atoms with Gasteiger partial charge in [-0.3, -0.25) is 0 Å². The molecule has 0 fully saturated rings. The molecule has 1 unspecified atom stereocenters. The molecular formula is C21H19N. The Bertz CT molecular complexity index is 738. The minimum Gasteiger partial charge on any atom is -0.381 e. The van der Waals surface area contributed by atoms with E-state index >= 15 is 0 Å². The molecule has 0 saturated carbocycles. The highest BCUT2D eigenvalue weighted by atomic mass is 15.0. The number of nitrogens with one attached hydrogen (secondary N) is 1. The second-order valence-corrected chi connectivity index (χ2v) is 5.95. The van der Waals surface area contributed by atoms with Crippen molar-refractivity contribution in [2.24, 2.45) is 0 Å². The molecule has 0 spiro atoms. The van der Waals surface area contributed by atoms with Gasteiger partial charge in [0.25, 0.3) is 0 Å². The average Bonchev–Trinajstić information content (AvgIpc) is 2.89. The van der Waals surface area contributed by atoms with Gasteiger partial charge in [0.2, 0.25) is 0 Å². The molecule has 108 valence electrons. The summed E-state index contributed by atoms with van der Waals surface area (Å²) in [6.45, 7) is 2.28. The number of para-hydroxylation sites is 1. The number of hydrogen-bond donors (Lipinski definition) is 1. The molecule has 0 aliphatic carbocycles. The highest BCUT2D eigenvalue weighted by molar-refractivity contribution is 5.70. The van der Waals surface area contributed by atoms with Gasteiger partial charge in [-0.2, -0.15) is 0 Å². The molecule has 3 aromatic rings. The summed E-state index contributed by atoms with van der Waals surface area (Å²) < 4.78 is 0. The lowest BCUT2D eigenvalue weighted by Crippen LogP contribution is -2.39. The molecule has 1 aliphatic rings. The predicted molar refractivity (Wildman–Crippen MR) is 92.3 cm³/mol. The van der Waals surface area contributed by atoms with Crippen LogP contribution in [0.5, 0.6) is 0 Å². The SMILES string of the molecule is CC1Nc2ccccc2C1(c1ccccc1)c1ccccc1. The summed E-state index contributed by atoms with van der Waals surface area (Å²) >= 11 is 0. The minimum atomic E-state index is -0.140. The summed E-state index contributed by atoms with van der Waals surface area (Å²) in [7, 11) is 0. The third-order valence-corrected chi connectivity index (χ3v) is 4.83. The first-order valence-corrected chi connectivity index (χ1v) is 7.80. The first-order valence-electron chi connectivity index (χ1n) is 7.80. The molecule has 0 amide bonds. The van der Waals surface area contributed by atoms with Crippen LogP contribution in [0.15, 0.2) is 84.9 Å². The van der Waals surface area contributed by atoms with Gasteiger partial charge in [-0.15, -0.1) is 0 Å². The second-order valence-electron chi connectivity index (χ2n) is 5.95. The molecular weight excluding hydrogens is 266 g/mol.